The average Bonchev–Trinajstić information content (AvgIpc) is 3.25. The number of hydrogen-bond acceptors (Lipinski definition) is 8. The quantitative estimate of drug-likeness (QED) is 0.328. The van der Waals surface area contributed by atoms with Gasteiger partial charge in [0.25, 0.3) is 0 Å². The van der Waals surface area contributed by atoms with E-state index in [9.17, 15) is 4.79 Å². The maximum atomic E-state index is 11.3. The van der Waals surface area contributed by atoms with Gasteiger partial charge in [-0.1, -0.05) is 17.7 Å². The largest absolute Gasteiger partial charge is 0.462 e. The number of esters is 1. The van der Waals surface area contributed by atoms with Crippen LogP contribution >= 0.6 is 34.3 Å². The Morgan fingerprint density at radius 2 is 1.93 bits per heavy atom. The molecule has 0 aliphatic heterocycles. The molecule has 0 spiro atoms. The molecule has 0 radical (unpaired) electrons. The zero-order chi connectivity index (χ0) is 21.0. The fraction of sp³-hybridized carbons (Fsp3) is 0.200. The third-order valence-electron chi connectivity index (χ3n) is 3.95. The van der Waals surface area contributed by atoms with Crippen LogP contribution in [0.25, 0.3) is 21.7 Å². The Bertz CT molecular complexity index is 1120. The monoisotopic (exact) mass is 446 g/mol. The molecule has 29 heavy (non-hydrogen) atoms. The van der Waals surface area contributed by atoms with Crippen molar-refractivity contribution in [1.29, 1.82) is 0 Å². The molecule has 4 aromatic heterocycles. The first kappa shape index (κ1) is 21.2. The lowest BCUT2D eigenvalue weighted by molar-refractivity contribution is 0.0527. The van der Waals surface area contributed by atoms with Crippen molar-refractivity contribution in [3.05, 3.63) is 57.0 Å². The number of carbonyl (C=O) groups excluding carboxylic acids is 1. The highest BCUT2D eigenvalue weighted by molar-refractivity contribution is 7.17. The number of rotatable bonds is 3. The summed E-state index contributed by atoms with van der Waals surface area (Å²) in [5.41, 5.74) is 8.84. The minimum atomic E-state index is -0.325. The van der Waals surface area contributed by atoms with Crippen LogP contribution in [0.1, 0.15) is 28.4 Å². The van der Waals surface area contributed by atoms with Crippen molar-refractivity contribution in [2.45, 2.75) is 20.8 Å². The lowest BCUT2D eigenvalue weighted by Gasteiger charge is -2.01. The van der Waals surface area contributed by atoms with E-state index >= 15 is 0 Å². The number of fused-ring (bicyclic) bond motifs is 1. The molecule has 4 heterocycles. The standard InChI is InChI=1S/C12H8ClN3S.C8H11NO2S/c1-7-6-17-12-9(7)10(13)15-11(16-12)8-4-2-3-5-14-8;1-3-11-8(10)6-5(2)4-12-7(6)9/h2-6H,1H3;4H,3,9H2,1-2H3. The van der Waals surface area contributed by atoms with Gasteiger partial charge in [-0.3, -0.25) is 4.98 Å². The van der Waals surface area contributed by atoms with Gasteiger partial charge in [-0.05, 0) is 54.8 Å². The van der Waals surface area contributed by atoms with Crippen LogP contribution in [0, 0.1) is 13.8 Å². The van der Waals surface area contributed by atoms with E-state index in [1.54, 1.807) is 24.5 Å². The molecule has 0 atom stereocenters. The van der Waals surface area contributed by atoms with Gasteiger partial charge in [-0.2, -0.15) is 0 Å². The molecule has 0 fully saturated rings. The van der Waals surface area contributed by atoms with Gasteiger partial charge in [0.05, 0.1) is 17.6 Å². The Hall–Kier alpha value is -2.55. The minimum absolute atomic E-state index is 0.325. The van der Waals surface area contributed by atoms with Gasteiger partial charge in [-0.25, -0.2) is 14.8 Å². The normalized spacial score (nSPS) is 10.5. The number of aryl methyl sites for hydroxylation is 2. The molecule has 2 N–H and O–H groups in total. The predicted octanol–water partition coefficient (Wildman–Crippen LogP) is 5.53. The fourth-order valence-corrected chi connectivity index (χ4v) is 4.65. The second kappa shape index (κ2) is 9.30. The molecule has 0 unspecified atom stereocenters. The van der Waals surface area contributed by atoms with Crippen LogP contribution in [-0.2, 0) is 4.74 Å². The van der Waals surface area contributed by atoms with Crippen molar-refractivity contribution in [2.75, 3.05) is 12.3 Å². The number of hydrogen-bond donors (Lipinski definition) is 1. The first-order chi connectivity index (χ1) is 13.9. The SMILES string of the molecule is CCOC(=O)c1c(C)csc1N.Cc1csc2nc(-c3ccccn3)nc(Cl)c12. The Labute approximate surface area is 181 Å². The molecule has 0 aliphatic carbocycles. The zero-order valence-corrected chi connectivity index (χ0v) is 18.5. The summed E-state index contributed by atoms with van der Waals surface area (Å²) in [6, 6.07) is 5.64. The Morgan fingerprint density at radius 1 is 1.17 bits per heavy atom. The van der Waals surface area contributed by atoms with Gasteiger partial charge < -0.3 is 10.5 Å². The second-order valence-corrected chi connectivity index (χ2v) is 8.16. The smallest absolute Gasteiger partial charge is 0.341 e. The van der Waals surface area contributed by atoms with Crippen LogP contribution in [0.15, 0.2) is 35.2 Å². The second-order valence-electron chi connectivity index (χ2n) is 6.03. The Kier molecular flexibility index (Phi) is 6.79. The van der Waals surface area contributed by atoms with E-state index in [2.05, 4.69) is 15.0 Å². The first-order valence-electron chi connectivity index (χ1n) is 8.75. The number of pyridine rings is 1. The number of nitrogens with two attached hydrogens (primary N) is 1. The molecule has 4 rings (SSSR count). The maximum absolute atomic E-state index is 11.3. The van der Waals surface area contributed by atoms with E-state index in [0.717, 1.165) is 27.0 Å². The summed E-state index contributed by atoms with van der Waals surface area (Å²) in [6.07, 6.45) is 1.72. The summed E-state index contributed by atoms with van der Waals surface area (Å²) in [6.45, 7) is 6.01. The van der Waals surface area contributed by atoms with Crippen LogP contribution in [0.3, 0.4) is 0 Å². The van der Waals surface area contributed by atoms with Gasteiger partial charge in [0.1, 0.15) is 20.7 Å². The van der Waals surface area contributed by atoms with Crippen molar-refractivity contribution in [2.24, 2.45) is 0 Å². The summed E-state index contributed by atoms with van der Waals surface area (Å²) in [5.74, 6) is 0.249. The number of aromatic nitrogens is 3. The number of anilines is 1. The number of thiophene rings is 2. The average molecular weight is 447 g/mol. The van der Waals surface area contributed by atoms with Crippen molar-refractivity contribution in [3.8, 4) is 11.5 Å². The maximum Gasteiger partial charge on any atom is 0.341 e. The molecule has 0 amide bonds. The molecular formula is C20H19ClN4O2S2. The number of ether oxygens (including phenoxy) is 1. The zero-order valence-electron chi connectivity index (χ0n) is 16.1. The van der Waals surface area contributed by atoms with Crippen molar-refractivity contribution < 1.29 is 9.53 Å². The summed E-state index contributed by atoms with van der Waals surface area (Å²) < 4.78 is 4.84. The lowest BCUT2D eigenvalue weighted by Crippen LogP contribution is -2.06. The van der Waals surface area contributed by atoms with Crippen molar-refractivity contribution in [3.63, 3.8) is 0 Å². The minimum Gasteiger partial charge on any atom is -0.462 e. The Morgan fingerprint density at radius 3 is 2.55 bits per heavy atom. The van der Waals surface area contributed by atoms with E-state index in [4.69, 9.17) is 22.1 Å². The molecule has 150 valence electrons. The van der Waals surface area contributed by atoms with Crippen LogP contribution in [0.5, 0.6) is 0 Å². The Balaban J connectivity index is 0.000000177. The summed E-state index contributed by atoms with van der Waals surface area (Å²) in [4.78, 5) is 25.2. The van der Waals surface area contributed by atoms with E-state index in [-0.39, 0.29) is 5.97 Å². The fourth-order valence-electron chi connectivity index (χ4n) is 2.57. The van der Waals surface area contributed by atoms with E-state index in [1.165, 1.54) is 11.3 Å². The first-order valence-corrected chi connectivity index (χ1v) is 10.9. The molecule has 9 heteroatoms. The number of nitrogen functional groups attached to an aromatic ring is 1. The summed E-state index contributed by atoms with van der Waals surface area (Å²) >= 11 is 9.12. The molecule has 4 aromatic rings. The van der Waals surface area contributed by atoms with Gasteiger partial charge in [0.15, 0.2) is 5.82 Å². The lowest BCUT2D eigenvalue weighted by atomic mass is 10.2. The summed E-state index contributed by atoms with van der Waals surface area (Å²) in [5, 5.41) is 5.85. The van der Waals surface area contributed by atoms with E-state index in [0.29, 0.717) is 28.1 Å². The number of nitrogens with zero attached hydrogens (tertiary/aromatic N) is 3. The molecule has 6 nitrogen and oxygen atoms in total. The molecule has 0 bridgehead atoms. The highest BCUT2D eigenvalue weighted by Gasteiger charge is 2.15. The number of carbonyl (C=O) groups is 1. The van der Waals surface area contributed by atoms with E-state index in [1.807, 2.05) is 42.8 Å². The van der Waals surface area contributed by atoms with Crippen LogP contribution < -0.4 is 5.73 Å². The van der Waals surface area contributed by atoms with Crippen LogP contribution in [0.4, 0.5) is 5.00 Å². The highest BCUT2D eigenvalue weighted by atomic mass is 35.5. The molecule has 0 aliphatic rings. The van der Waals surface area contributed by atoms with Crippen molar-refractivity contribution in [1.82, 2.24) is 15.0 Å². The van der Waals surface area contributed by atoms with Gasteiger partial charge in [0, 0.05) is 6.20 Å². The molecule has 0 aromatic carbocycles. The van der Waals surface area contributed by atoms with Crippen molar-refractivity contribution >= 4 is 55.5 Å². The third-order valence-corrected chi connectivity index (χ3v) is 6.14. The number of halogens is 1. The third kappa shape index (κ3) is 4.72. The molecule has 0 saturated heterocycles. The summed E-state index contributed by atoms with van der Waals surface area (Å²) in [7, 11) is 0. The van der Waals surface area contributed by atoms with Crippen LogP contribution in [0.2, 0.25) is 5.15 Å². The van der Waals surface area contributed by atoms with Crippen LogP contribution in [-0.4, -0.2) is 27.5 Å². The van der Waals surface area contributed by atoms with E-state index < -0.39 is 0 Å². The van der Waals surface area contributed by atoms with Gasteiger partial charge >= 0.3 is 5.97 Å². The van der Waals surface area contributed by atoms with Gasteiger partial charge in [0.2, 0.25) is 0 Å². The topological polar surface area (TPSA) is 91.0 Å². The highest BCUT2D eigenvalue weighted by Crippen LogP contribution is 2.30. The molecule has 0 saturated carbocycles. The molecular weight excluding hydrogens is 428 g/mol. The predicted molar refractivity (Wildman–Crippen MR) is 120 cm³/mol. The van der Waals surface area contributed by atoms with Gasteiger partial charge in [-0.15, -0.1) is 22.7 Å².